The van der Waals surface area contributed by atoms with E-state index in [0.717, 1.165) is 15.9 Å². The first-order valence-corrected chi connectivity index (χ1v) is 11.7. The first-order valence-electron chi connectivity index (χ1n) is 10.9. The van der Waals surface area contributed by atoms with Crippen LogP contribution in [0, 0.1) is 11.8 Å². The minimum Gasteiger partial charge on any atom is -0.342 e. The van der Waals surface area contributed by atoms with Crippen molar-refractivity contribution >= 4 is 50.1 Å². The predicted molar refractivity (Wildman–Crippen MR) is 124 cm³/mol. The van der Waals surface area contributed by atoms with E-state index in [1.807, 2.05) is 59.5 Å². The van der Waals surface area contributed by atoms with E-state index in [-0.39, 0.29) is 36.0 Å². The van der Waals surface area contributed by atoms with Gasteiger partial charge < -0.3 is 15.1 Å². The van der Waals surface area contributed by atoms with Gasteiger partial charge in [0.15, 0.2) is 5.13 Å². The second-order valence-corrected chi connectivity index (χ2v) is 9.35. The molecule has 3 amide bonds. The van der Waals surface area contributed by atoms with Gasteiger partial charge in [0.05, 0.1) is 16.1 Å². The van der Waals surface area contributed by atoms with Crippen LogP contribution >= 0.6 is 11.3 Å². The van der Waals surface area contributed by atoms with Crippen LogP contribution in [0.5, 0.6) is 0 Å². The molecular formula is C24H24N4O3S. The predicted octanol–water partition coefficient (Wildman–Crippen LogP) is 3.53. The first kappa shape index (κ1) is 20.6. The van der Waals surface area contributed by atoms with E-state index in [1.165, 1.54) is 11.3 Å². The van der Waals surface area contributed by atoms with E-state index >= 15 is 0 Å². The zero-order chi connectivity index (χ0) is 22.1. The molecule has 2 aromatic carbocycles. The normalized spacial score (nSPS) is 19.5. The summed E-state index contributed by atoms with van der Waals surface area (Å²) in [5.41, 5.74) is 1.71. The number of rotatable bonds is 4. The summed E-state index contributed by atoms with van der Waals surface area (Å²) in [5, 5.41) is 3.55. The number of piperidine rings is 1. The van der Waals surface area contributed by atoms with Crippen LogP contribution in [0.4, 0.5) is 10.8 Å². The average molecular weight is 449 g/mol. The quantitative estimate of drug-likeness (QED) is 0.662. The van der Waals surface area contributed by atoms with Gasteiger partial charge in [0.1, 0.15) is 0 Å². The third-order valence-corrected chi connectivity index (χ3v) is 7.20. The average Bonchev–Trinajstić information content (AvgIpc) is 3.42. The van der Waals surface area contributed by atoms with Crippen molar-refractivity contribution in [2.75, 3.05) is 29.9 Å². The van der Waals surface area contributed by atoms with Crippen LogP contribution in [-0.4, -0.2) is 47.2 Å². The SMILES string of the molecule is O=C(Nc1nc2ccccc2s1)C1CCN(C(=O)C2CC(=O)N(c3ccccc3)C2)CC1. The van der Waals surface area contributed by atoms with E-state index in [1.54, 1.807) is 4.90 Å². The standard InChI is InChI=1S/C24H24N4O3S/c29-21-14-17(15-28(21)18-6-2-1-3-7-18)23(31)27-12-10-16(11-13-27)22(30)26-24-25-19-8-4-5-9-20(19)32-24/h1-9,16-17H,10-15H2,(H,25,26,30). The summed E-state index contributed by atoms with van der Waals surface area (Å²) in [6.45, 7) is 1.49. The maximum Gasteiger partial charge on any atom is 0.229 e. The Morgan fingerprint density at radius 3 is 2.44 bits per heavy atom. The topological polar surface area (TPSA) is 82.6 Å². The number of benzene rings is 2. The number of amides is 3. The fourth-order valence-corrected chi connectivity index (χ4v) is 5.35. The summed E-state index contributed by atoms with van der Waals surface area (Å²) >= 11 is 1.47. The molecule has 0 radical (unpaired) electrons. The number of carbonyl (C=O) groups is 3. The lowest BCUT2D eigenvalue weighted by Gasteiger charge is -2.32. The van der Waals surface area contributed by atoms with Crippen LogP contribution in [-0.2, 0) is 14.4 Å². The first-order chi connectivity index (χ1) is 15.6. The van der Waals surface area contributed by atoms with Gasteiger partial charge in [-0.1, -0.05) is 41.7 Å². The molecule has 5 rings (SSSR count). The van der Waals surface area contributed by atoms with E-state index < -0.39 is 0 Å². The zero-order valence-electron chi connectivity index (χ0n) is 17.6. The molecule has 2 aliphatic heterocycles. The summed E-state index contributed by atoms with van der Waals surface area (Å²) in [6, 6.07) is 17.3. The third kappa shape index (κ3) is 4.10. The Morgan fingerprint density at radius 2 is 1.69 bits per heavy atom. The highest BCUT2D eigenvalue weighted by molar-refractivity contribution is 7.22. The second kappa shape index (κ2) is 8.70. The number of anilines is 2. The molecule has 32 heavy (non-hydrogen) atoms. The molecule has 8 heteroatoms. The van der Waals surface area contributed by atoms with Gasteiger partial charge in [-0.2, -0.15) is 0 Å². The molecule has 7 nitrogen and oxygen atoms in total. The smallest absolute Gasteiger partial charge is 0.229 e. The molecule has 0 spiro atoms. The fourth-order valence-electron chi connectivity index (χ4n) is 4.48. The Balaban J connectivity index is 1.15. The third-order valence-electron chi connectivity index (χ3n) is 6.24. The highest BCUT2D eigenvalue weighted by atomic mass is 32.1. The second-order valence-electron chi connectivity index (χ2n) is 8.32. The number of hydrogen-bond donors (Lipinski definition) is 1. The van der Waals surface area contributed by atoms with Gasteiger partial charge in [-0.3, -0.25) is 14.4 Å². The summed E-state index contributed by atoms with van der Waals surface area (Å²) in [4.78, 5) is 46.2. The maximum atomic E-state index is 13.0. The van der Waals surface area contributed by atoms with Crippen molar-refractivity contribution in [2.24, 2.45) is 11.8 Å². The van der Waals surface area contributed by atoms with Gasteiger partial charge in [0, 0.05) is 37.7 Å². The minimum absolute atomic E-state index is 0.0142. The fraction of sp³-hybridized carbons (Fsp3) is 0.333. The van der Waals surface area contributed by atoms with Crippen molar-refractivity contribution in [1.82, 2.24) is 9.88 Å². The Kier molecular flexibility index (Phi) is 5.61. The molecule has 1 N–H and O–H groups in total. The lowest BCUT2D eigenvalue weighted by molar-refractivity contribution is -0.138. The highest BCUT2D eigenvalue weighted by Crippen LogP contribution is 2.29. The molecular weight excluding hydrogens is 424 g/mol. The summed E-state index contributed by atoms with van der Waals surface area (Å²) < 4.78 is 1.04. The molecule has 2 aliphatic rings. The van der Waals surface area contributed by atoms with Gasteiger partial charge in [0.25, 0.3) is 0 Å². The minimum atomic E-state index is -0.323. The summed E-state index contributed by atoms with van der Waals surface area (Å²) in [7, 11) is 0. The zero-order valence-corrected chi connectivity index (χ0v) is 18.4. The molecule has 2 fully saturated rings. The number of nitrogens with one attached hydrogen (secondary N) is 1. The van der Waals surface area contributed by atoms with Gasteiger partial charge in [0.2, 0.25) is 17.7 Å². The highest BCUT2D eigenvalue weighted by Gasteiger charge is 2.38. The number of thiazole rings is 1. The van der Waals surface area contributed by atoms with Crippen molar-refractivity contribution in [2.45, 2.75) is 19.3 Å². The van der Waals surface area contributed by atoms with E-state index in [2.05, 4.69) is 10.3 Å². The lowest BCUT2D eigenvalue weighted by Crippen LogP contribution is -2.44. The van der Waals surface area contributed by atoms with Crippen molar-refractivity contribution in [3.05, 3.63) is 54.6 Å². The van der Waals surface area contributed by atoms with E-state index in [0.29, 0.717) is 37.6 Å². The number of hydrogen-bond acceptors (Lipinski definition) is 5. The molecule has 2 saturated heterocycles. The Morgan fingerprint density at radius 1 is 0.969 bits per heavy atom. The summed E-state index contributed by atoms with van der Waals surface area (Å²) in [5.74, 6) is -0.503. The van der Waals surface area contributed by atoms with Crippen LogP contribution in [0.2, 0.25) is 0 Å². The van der Waals surface area contributed by atoms with Crippen LogP contribution in [0.15, 0.2) is 54.6 Å². The molecule has 1 atom stereocenters. The van der Waals surface area contributed by atoms with E-state index in [4.69, 9.17) is 0 Å². The van der Waals surface area contributed by atoms with Crippen LogP contribution in [0.3, 0.4) is 0 Å². The van der Waals surface area contributed by atoms with Crippen LogP contribution in [0.1, 0.15) is 19.3 Å². The van der Waals surface area contributed by atoms with Gasteiger partial charge >= 0.3 is 0 Å². The molecule has 0 aliphatic carbocycles. The molecule has 3 aromatic rings. The molecule has 3 heterocycles. The Bertz CT molecular complexity index is 1120. The van der Waals surface area contributed by atoms with E-state index in [9.17, 15) is 14.4 Å². The summed E-state index contributed by atoms with van der Waals surface area (Å²) in [6.07, 6.45) is 1.48. The lowest BCUT2D eigenvalue weighted by atomic mass is 9.94. The Hall–Kier alpha value is -3.26. The van der Waals surface area contributed by atoms with Gasteiger partial charge in [-0.25, -0.2) is 4.98 Å². The van der Waals surface area contributed by atoms with Crippen molar-refractivity contribution in [3.63, 3.8) is 0 Å². The molecule has 1 aromatic heterocycles. The maximum absolute atomic E-state index is 13.0. The largest absolute Gasteiger partial charge is 0.342 e. The Labute approximate surface area is 190 Å². The monoisotopic (exact) mass is 448 g/mol. The number of para-hydroxylation sites is 2. The van der Waals surface area contributed by atoms with Crippen LogP contribution in [0.25, 0.3) is 10.2 Å². The molecule has 0 bridgehead atoms. The number of aromatic nitrogens is 1. The molecule has 0 saturated carbocycles. The van der Waals surface area contributed by atoms with Crippen molar-refractivity contribution in [1.29, 1.82) is 0 Å². The number of likely N-dealkylation sites (tertiary alicyclic amines) is 1. The van der Waals surface area contributed by atoms with Gasteiger partial charge in [-0.05, 0) is 37.1 Å². The van der Waals surface area contributed by atoms with Crippen molar-refractivity contribution < 1.29 is 14.4 Å². The number of fused-ring (bicyclic) bond motifs is 1. The van der Waals surface area contributed by atoms with Crippen LogP contribution < -0.4 is 10.2 Å². The number of carbonyl (C=O) groups excluding carboxylic acids is 3. The number of nitrogens with zero attached hydrogens (tertiary/aromatic N) is 3. The van der Waals surface area contributed by atoms with Gasteiger partial charge in [-0.15, -0.1) is 0 Å². The molecule has 164 valence electrons. The molecule has 1 unspecified atom stereocenters. The van der Waals surface area contributed by atoms with Crippen molar-refractivity contribution in [3.8, 4) is 0 Å².